The summed E-state index contributed by atoms with van der Waals surface area (Å²) in [7, 11) is 0. The molecule has 2 aromatic carbocycles. The lowest BCUT2D eigenvalue weighted by Crippen LogP contribution is -2.22. The van der Waals surface area contributed by atoms with E-state index in [1.54, 1.807) is 36.4 Å². The first-order chi connectivity index (χ1) is 14.0. The summed E-state index contributed by atoms with van der Waals surface area (Å²) >= 11 is 0. The number of carbonyl (C=O) groups excluding carboxylic acids is 2. The van der Waals surface area contributed by atoms with Crippen molar-refractivity contribution in [2.75, 3.05) is 18.0 Å². The van der Waals surface area contributed by atoms with Crippen LogP contribution in [0.3, 0.4) is 0 Å². The molecule has 5 nitrogen and oxygen atoms in total. The minimum atomic E-state index is -0.472. The van der Waals surface area contributed by atoms with E-state index in [9.17, 15) is 14.7 Å². The van der Waals surface area contributed by atoms with E-state index in [1.807, 2.05) is 19.9 Å². The number of nitrogens with zero attached hydrogens (tertiary/aromatic N) is 1. The zero-order valence-electron chi connectivity index (χ0n) is 17.2. The quantitative estimate of drug-likeness (QED) is 0.530. The fourth-order valence-electron chi connectivity index (χ4n) is 3.90. The van der Waals surface area contributed by atoms with Gasteiger partial charge in [0.1, 0.15) is 11.9 Å². The van der Waals surface area contributed by atoms with Crippen LogP contribution in [0, 0.1) is 0 Å². The van der Waals surface area contributed by atoms with Crippen molar-refractivity contribution in [1.29, 1.82) is 0 Å². The average molecular weight is 395 g/mol. The van der Waals surface area contributed by atoms with E-state index < -0.39 is 5.97 Å². The van der Waals surface area contributed by atoms with E-state index in [1.165, 1.54) is 6.42 Å². The Morgan fingerprint density at radius 3 is 2.24 bits per heavy atom. The second-order valence-corrected chi connectivity index (χ2v) is 7.41. The van der Waals surface area contributed by atoms with Gasteiger partial charge in [-0.05, 0) is 57.7 Å². The maximum atomic E-state index is 13.1. The molecule has 0 aliphatic heterocycles. The summed E-state index contributed by atoms with van der Waals surface area (Å²) in [6, 6.07) is 11.7. The van der Waals surface area contributed by atoms with Crippen LogP contribution in [-0.4, -0.2) is 36.1 Å². The molecule has 0 amide bonds. The van der Waals surface area contributed by atoms with Gasteiger partial charge in [-0.3, -0.25) is 4.79 Å². The summed E-state index contributed by atoms with van der Waals surface area (Å²) < 4.78 is 5.65. The Balaban J connectivity index is 1.85. The third kappa shape index (κ3) is 4.78. The first-order valence-corrected chi connectivity index (χ1v) is 10.5. The van der Waals surface area contributed by atoms with Crippen molar-refractivity contribution < 1.29 is 19.4 Å². The molecule has 29 heavy (non-hydrogen) atoms. The molecule has 2 aromatic rings. The minimum Gasteiger partial charge on any atom is -0.507 e. The molecule has 0 heterocycles. The van der Waals surface area contributed by atoms with Crippen molar-refractivity contribution in [2.45, 2.75) is 52.1 Å². The van der Waals surface area contributed by atoms with E-state index in [2.05, 4.69) is 4.90 Å². The summed E-state index contributed by atoms with van der Waals surface area (Å²) in [5, 5.41) is 10.5. The van der Waals surface area contributed by atoms with Gasteiger partial charge in [-0.1, -0.05) is 24.6 Å². The Hall–Kier alpha value is -2.82. The fourth-order valence-corrected chi connectivity index (χ4v) is 3.90. The molecule has 154 valence electrons. The zero-order chi connectivity index (χ0) is 20.8. The number of hydrogen-bond donors (Lipinski definition) is 1. The Labute approximate surface area is 172 Å². The molecule has 0 spiro atoms. The third-order valence-electron chi connectivity index (χ3n) is 5.57. The van der Waals surface area contributed by atoms with Crippen LogP contribution in [0.4, 0.5) is 5.69 Å². The van der Waals surface area contributed by atoms with Gasteiger partial charge in [-0.15, -0.1) is 0 Å². The lowest BCUT2D eigenvalue weighted by Gasteiger charge is -2.22. The topological polar surface area (TPSA) is 66.8 Å². The van der Waals surface area contributed by atoms with Crippen LogP contribution in [0.2, 0.25) is 0 Å². The monoisotopic (exact) mass is 395 g/mol. The standard InChI is InChI=1S/C24H29NO4/c1-3-25(4-2)17-14-15-21(22(26)16-17)23(27)19-12-8-9-13-20(19)24(28)29-18-10-6-5-7-11-18/h8-9,12-16,18,26H,3-7,10-11H2,1-2H3. The molecular formula is C24H29NO4. The number of aromatic hydroxyl groups is 1. The van der Waals surface area contributed by atoms with Crippen molar-refractivity contribution in [1.82, 2.24) is 0 Å². The fraction of sp³-hybridized carbons (Fsp3) is 0.417. The Morgan fingerprint density at radius 1 is 0.966 bits per heavy atom. The normalized spacial score (nSPS) is 14.4. The van der Waals surface area contributed by atoms with E-state index in [4.69, 9.17) is 4.74 Å². The van der Waals surface area contributed by atoms with Crippen LogP contribution >= 0.6 is 0 Å². The number of ketones is 1. The van der Waals surface area contributed by atoms with E-state index in [-0.39, 0.29) is 34.3 Å². The van der Waals surface area contributed by atoms with Gasteiger partial charge in [0, 0.05) is 30.4 Å². The minimum absolute atomic E-state index is 0.0823. The largest absolute Gasteiger partial charge is 0.507 e. The number of phenolic OH excluding ortho intramolecular Hbond substituents is 1. The SMILES string of the molecule is CCN(CC)c1ccc(C(=O)c2ccccc2C(=O)OC2CCCCC2)c(O)c1. The van der Waals surface area contributed by atoms with Crippen LogP contribution in [0.15, 0.2) is 42.5 Å². The predicted octanol–water partition coefficient (Wildman–Crippen LogP) is 4.96. The van der Waals surface area contributed by atoms with Gasteiger partial charge < -0.3 is 14.7 Å². The Morgan fingerprint density at radius 2 is 1.62 bits per heavy atom. The number of benzene rings is 2. The molecule has 0 saturated heterocycles. The highest BCUT2D eigenvalue weighted by atomic mass is 16.5. The van der Waals surface area contributed by atoms with Crippen LogP contribution in [-0.2, 0) is 4.74 Å². The third-order valence-corrected chi connectivity index (χ3v) is 5.57. The van der Waals surface area contributed by atoms with Crippen molar-refractivity contribution in [3.05, 3.63) is 59.2 Å². The lowest BCUT2D eigenvalue weighted by molar-refractivity contribution is 0.0209. The van der Waals surface area contributed by atoms with Gasteiger partial charge >= 0.3 is 5.97 Å². The van der Waals surface area contributed by atoms with Gasteiger partial charge in [-0.25, -0.2) is 4.79 Å². The summed E-state index contributed by atoms with van der Waals surface area (Å²) in [4.78, 5) is 27.9. The smallest absolute Gasteiger partial charge is 0.339 e. The van der Waals surface area contributed by atoms with E-state index >= 15 is 0 Å². The van der Waals surface area contributed by atoms with E-state index in [0.717, 1.165) is 44.5 Å². The van der Waals surface area contributed by atoms with Gasteiger partial charge in [0.25, 0.3) is 0 Å². The average Bonchev–Trinajstić information content (AvgIpc) is 2.75. The number of phenols is 1. The van der Waals surface area contributed by atoms with Crippen LogP contribution in [0.1, 0.15) is 72.2 Å². The Bertz CT molecular complexity index is 867. The summed E-state index contributed by atoms with van der Waals surface area (Å²) in [6.07, 6.45) is 4.95. The van der Waals surface area contributed by atoms with Crippen molar-refractivity contribution in [2.24, 2.45) is 0 Å². The van der Waals surface area contributed by atoms with Crippen molar-refractivity contribution >= 4 is 17.4 Å². The maximum absolute atomic E-state index is 13.1. The molecule has 1 fully saturated rings. The first kappa shape index (κ1) is 20.9. The number of anilines is 1. The Kier molecular flexibility index (Phi) is 6.91. The highest BCUT2D eigenvalue weighted by molar-refractivity contribution is 6.15. The van der Waals surface area contributed by atoms with Crippen LogP contribution < -0.4 is 4.90 Å². The first-order valence-electron chi connectivity index (χ1n) is 10.5. The molecule has 0 bridgehead atoms. The molecule has 1 aliphatic carbocycles. The second kappa shape index (κ2) is 9.59. The van der Waals surface area contributed by atoms with Gasteiger partial charge in [-0.2, -0.15) is 0 Å². The van der Waals surface area contributed by atoms with Gasteiger partial charge in [0.15, 0.2) is 5.78 Å². The molecule has 0 unspecified atom stereocenters. The number of esters is 1. The zero-order valence-corrected chi connectivity index (χ0v) is 17.2. The summed E-state index contributed by atoms with van der Waals surface area (Å²) in [5.41, 5.74) is 1.53. The molecule has 3 rings (SSSR count). The molecule has 1 N–H and O–H groups in total. The molecule has 0 aromatic heterocycles. The highest BCUT2D eigenvalue weighted by Gasteiger charge is 2.24. The highest BCUT2D eigenvalue weighted by Crippen LogP contribution is 2.28. The molecule has 0 atom stereocenters. The summed E-state index contributed by atoms with van der Waals surface area (Å²) in [5.74, 6) is -0.945. The molecule has 5 heteroatoms. The number of ether oxygens (including phenoxy) is 1. The van der Waals surface area contributed by atoms with Gasteiger partial charge in [0.2, 0.25) is 0 Å². The predicted molar refractivity (Wildman–Crippen MR) is 114 cm³/mol. The number of carbonyl (C=O) groups is 2. The number of rotatable bonds is 7. The van der Waals surface area contributed by atoms with Crippen LogP contribution in [0.5, 0.6) is 5.75 Å². The lowest BCUT2D eigenvalue weighted by atomic mass is 9.96. The van der Waals surface area contributed by atoms with E-state index in [0.29, 0.717) is 0 Å². The molecule has 1 aliphatic rings. The maximum Gasteiger partial charge on any atom is 0.339 e. The molecule has 0 radical (unpaired) electrons. The number of hydrogen-bond acceptors (Lipinski definition) is 5. The van der Waals surface area contributed by atoms with Gasteiger partial charge in [0.05, 0.1) is 11.1 Å². The second-order valence-electron chi connectivity index (χ2n) is 7.41. The van der Waals surface area contributed by atoms with Crippen molar-refractivity contribution in [3.63, 3.8) is 0 Å². The summed E-state index contributed by atoms with van der Waals surface area (Å²) in [6.45, 7) is 5.68. The molecular weight excluding hydrogens is 366 g/mol. The van der Waals surface area contributed by atoms with Crippen LogP contribution in [0.25, 0.3) is 0 Å². The molecule has 1 saturated carbocycles. The van der Waals surface area contributed by atoms with Crippen molar-refractivity contribution in [3.8, 4) is 5.75 Å².